The van der Waals surface area contributed by atoms with Crippen molar-refractivity contribution in [3.8, 4) is 0 Å². The Hall–Kier alpha value is -2.49. The van der Waals surface area contributed by atoms with Gasteiger partial charge in [0.15, 0.2) is 0 Å². The molecule has 0 unspecified atom stereocenters. The van der Waals surface area contributed by atoms with Crippen molar-refractivity contribution in [2.45, 2.75) is 26.2 Å². The highest BCUT2D eigenvalue weighted by Gasteiger charge is 2.09. The van der Waals surface area contributed by atoms with E-state index in [4.69, 9.17) is 0 Å². The summed E-state index contributed by atoms with van der Waals surface area (Å²) in [6.07, 6.45) is 0.815. The van der Waals surface area contributed by atoms with Gasteiger partial charge in [0.25, 0.3) is 0 Å². The molecule has 23 heavy (non-hydrogen) atoms. The van der Waals surface area contributed by atoms with Gasteiger partial charge in [-0.1, -0.05) is 38.1 Å². The van der Waals surface area contributed by atoms with Crippen molar-refractivity contribution in [2.24, 2.45) is 0 Å². The lowest BCUT2D eigenvalue weighted by molar-refractivity contribution is 0.627. The van der Waals surface area contributed by atoms with Crippen LogP contribution in [0.15, 0.2) is 48.5 Å². The van der Waals surface area contributed by atoms with Gasteiger partial charge in [0.1, 0.15) is 17.5 Å². The van der Waals surface area contributed by atoms with Gasteiger partial charge in [-0.05, 0) is 36.2 Å². The number of anilines is 1. The highest BCUT2D eigenvalue weighted by molar-refractivity contribution is 5.89. The number of para-hydroxylation sites is 1. The van der Waals surface area contributed by atoms with Crippen LogP contribution in [0.4, 0.5) is 10.2 Å². The molecule has 3 nitrogen and oxygen atoms in total. The lowest BCUT2D eigenvalue weighted by atomic mass is 10.1. The van der Waals surface area contributed by atoms with E-state index in [1.807, 2.05) is 36.4 Å². The average molecular weight is 309 g/mol. The van der Waals surface area contributed by atoms with Gasteiger partial charge >= 0.3 is 0 Å². The number of nitrogens with one attached hydrogen (secondary N) is 1. The van der Waals surface area contributed by atoms with Gasteiger partial charge < -0.3 is 5.32 Å². The molecule has 0 spiro atoms. The summed E-state index contributed by atoms with van der Waals surface area (Å²) in [6, 6.07) is 14.6. The van der Waals surface area contributed by atoms with E-state index in [2.05, 4.69) is 29.1 Å². The number of aromatic nitrogens is 2. The summed E-state index contributed by atoms with van der Waals surface area (Å²) >= 11 is 0. The van der Waals surface area contributed by atoms with Crippen LogP contribution in [-0.2, 0) is 6.42 Å². The number of rotatable bonds is 5. The number of benzene rings is 2. The van der Waals surface area contributed by atoms with Crippen LogP contribution in [0.2, 0.25) is 0 Å². The maximum atomic E-state index is 12.9. The van der Waals surface area contributed by atoms with E-state index in [-0.39, 0.29) is 11.7 Å². The average Bonchev–Trinajstić information content (AvgIpc) is 2.56. The van der Waals surface area contributed by atoms with Gasteiger partial charge in [-0.3, -0.25) is 0 Å². The fourth-order valence-corrected chi connectivity index (χ4v) is 2.46. The van der Waals surface area contributed by atoms with E-state index >= 15 is 0 Å². The Morgan fingerprint density at radius 1 is 1.00 bits per heavy atom. The SMILES string of the molecule is CC(C)c1nc(NCCc2ccc(F)cc2)c2ccccc2n1. The number of hydrogen-bond donors (Lipinski definition) is 1. The van der Waals surface area contributed by atoms with Crippen LogP contribution in [-0.4, -0.2) is 16.5 Å². The number of fused-ring (bicyclic) bond motifs is 1. The summed E-state index contributed by atoms with van der Waals surface area (Å²) in [5.74, 6) is 1.77. The predicted octanol–water partition coefficient (Wildman–Crippen LogP) is 4.55. The fourth-order valence-electron chi connectivity index (χ4n) is 2.46. The third-order valence-corrected chi connectivity index (χ3v) is 3.76. The Kier molecular flexibility index (Phi) is 4.51. The molecule has 0 saturated carbocycles. The van der Waals surface area contributed by atoms with Gasteiger partial charge in [-0.15, -0.1) is 0 Å². The molecule has 1 aromatic heterocycles. The standard InChI is InChI=1S/C19H20FN3/c1-13(2)18-22-17-6-4-3-5-16(17)19(23-18)21-12-11-14-7-9-15(20)10-8-14/h3-10,13H,11-12H2,1-2H3,(H,21,22,23). The molecule has 0 saturated heterocycles. The van der Waals surface area contributed by atoms with Crippen molar-refractivity contribution >= 4 is 16.7 Å². The minimum absolute atomic E-state index is 0.204. The summed E-state index contributed by atoms with van der Waals surface area (Å²) in [5.41, 5.74) is 2.05. The first kappa shape index (κ1) is 15.4. The lowest BCUT2D eigenvalue weighted by Crippen LogP contribution is -2.09. The smallest absolute Gasteiger partial charge is 0.137 e. The summed E-state index contributed by atoms with van der Waals surface area (Å²) < 4.78 is 12.9. The van der Waals surface area contributed by atoms with Gasteiger partial charge in [-0.2, -0.15) is 0 Å². The van der Waals surface area contributed by atoms with Crippen molar-refractivity contribution < 1.29 is 4.39 Å². The second-order valence-electron chi connectivity index (χ2n) is 5.91. The van der Waals surface area contributed by atoms with Crippen molar-refractivity contribution in [1.82, 2.24) is 9.97 Å². The molecule has 0 atom stereocenters. The molecule has 2 aromatic carbocycles. The second kappa shape index (κ2) is 6.73. The van der Waals surface area contributed by atoms with Crippen molar-refractivity contribution in [3.63, 3.8) is 0 Å². The zero-order chi connectivity index (χ0) is 16.2. The number of hydrogen-bond acceptors (Lipinski definition) is 3. The maximum Gasteiger partial charge on any atom is 0.137 e. The third kappa shape index (κ3) is 3.65. The van der Waals surface area contributed by atoms with Crippen LogP contribution < -0.4 is 5.32 Å². The Labute approximate surface area is 135 Å². The number of nitrogens with zero attached hydrogens (tertiary/aromatic N) is 2. The molecule has 4 heteroatoms. The molecule has 3 rings (SSSR count). The van der Waals surface area contributed by atoms with Gasteiger partial charge in [0.05, 0.1) is 5.52 Å². The highest BCUT2D eigenvalue weighted by Crippen LogP contribution is 2.22. The Morgan fingerprint density at radius 3 is 2.48 bits per heavy atom. The minimum Gasteiger partial charge on any atom is -0.369 e. The van der Waals surface area contributed by atoms with Crippen molar-refractivity contribution in [2.75, 3.05) is 11.9 Å². The van der Waals surface area contributed by atoms with Crippen LogP contribution in [0.1, 0.15) is 31.2 Å². The van der Waals surface area contributed by atoms with E-state index in [0.717, 1.165) is 41.1 Å². The Bertz CT molecular complexity index is 797. The first-order valence-electron chi connectivity index (χ1n) is 7.88. The van der Waals surface area contributed by atoms with Gasteiger partial charge in [-0.25, -0.2) is 14.4 Å². The molecule has 1 N–H and O–H groups in total. The molecule has 118 valence electrons. The van der Waals surface area contributed by atoms with Crippen LogP contribution in [0, 0.1) is 5.82 Å². The largest absolute Gasteiger partial charge is 0.369 e. The van der Waals surface area contributed by atoms with E-state index < -0.39 is 0 Å². The third-order valence-electron chi connectivity index (χ3n) is 3.76. The normalized spacial score (nSPS) is 11.1. The molecular formula is C19H20FN3. The molecule has 0 aliphatic carbocycles. The predicted molar refractivity (Wildman–Crippen MR) is 92.2 cm³/mol. The van der Waals surface area contributed by atoms with Crippen molar-refractivity contribution in [1.29, 1.82) is 0 Å². The zero-order valence-corrected chi connectivity index (χ0v) is 13.4. The molecular weight excluding hydrogens is 289 g/mol. The molecule has 0 bridgehead atoms. The summed E-state index contributed by atoms with van der Waals surface area (Å²) in [6.45, 7) is 4.92. The van der Waals surface area contributed by atoms with Crippen LogP contribution in [0.25, 0.3) is 10.9 Å². The molecule has 1 heterocycles. The van der Waals surface area contributed by atoms with Crippen LogP contribution in [0.5, 0.6) is 0 Å². The quantitative estimate of drug-likeness (QED) is 0.751. The Morgan fingerprint density at radius 2 is 1.74 bits per heavy atom. The fraction of sp³-hybridized carbons (Fsp3) is 0.263. The maximum absolute atomic E-state index is 12.9. The minimum atomic E-state index is -0.204. The van der Waals surface area contributed by atoms with E-state index in [1.54, 1.807) is 0 Å². The lowest BCUT2D eigenvalue weighted by Gasteiger charge is -2.12. The van der Waals surface area contributed by atoms with E-state index in [9.17, 15) is 4.39 Å². The Balaban J connectivity index is 1.79. The molecule has 3 aromatic rings. The number of halogens is 1. The summed E-state index contributed by atoms with van der Waals surface area (Å²) in [7, 11) is 0. The molecule has 0 radical (unpaired) electrons. The summed E-state index contributed by atoms with van der Waals surface area (Å²) in [4.78, 5) is 9.28. The topological polar surface area (TPSA) is 37.8 Å². The summed E-state index contributed by atoms with van der Waals surface area (Å²) in [5, 5.41) is 4.43. The zero-order valence-electron chi connectivity index (χ0n) is 13.4. The van der Waals surface area contributed by atoms with E-state index in [1.165, 1.54) is 12.1 Å². The van der Waals surface area contributed by atoms with Crippen LogP contribution >= 0.6 is 0 Å². The first-order chi connectivity index (χ1) is 11.1. The second-order valence-corrected chi connectivity index (χ2v) is 5.91. The van der Waals surface area contributed by atoms with Crippen LogP contribution in [0.3, 0.4) is 0 Å². The monoisotopic (exact) mass is 309 g/mol. The van der Waals surface area contributed by atoms with Gasteiger partial charge in [0, 0.05) is 17.8 Å². The molecule has 0 aliphatic rings. The first-order valence-corrected chi connectivity index (χ1v) is 7.88. The molecule has 0 fully saturated rings. The highest BCUT2D eigenvalue weighted by atomic mass is 19.1. The van der Waals surface area contributed by atoms with Gasteiger partial charge in [0.2, 0.25) is 0 Å². The molecule has 0 amide bonds. The van der Waals surface area contributed by atoms with Crippen molar-refractivity contribution in [3.05, 3.63) is 65.7 Å². The molecule has 0 aliphatic heterocycles. The van der Waals surface area contributed by atoms with E-state index in [0.29, 0.717) is 0 Å².